The second-order valence-corrected chi connectivity index (χ2v) is 3.50. The maximum absolute atomic E-state index is 10.6. The van der Waals surface area contributed by atoms with Crippen LogP contribution in [0.4, 0.5) is 5.69 Å². The van der Waals surface area contributed by atoms with Crippen molar-refractivity contribution in [3.8, 4) is 0 Å². The van der Waals surface area contributed by atoms with Crippen molar-refractivity contribution in [1.29, 1.82) is 0 Å². The predicted molar refractivity (Wildman–Crippen MR) is 46.4 cm³/mol. The molecule has 0 aromatic heterocycles. The van der Waals surface area contributed by atoms with Crippen LogP contribution in [-0.2, 0) is 10.7 Å². The molecule has 1 rings (SSSR count). The van der Waals surface area contributed by atoms with E-state index in [-0.39, 0.29) is 10.6 Å². The molecule has 1 aromatic rings. The summed E-state index contributed by atoms with van der Waals surface area (Å²) in [5, 5.41) is 10.4. The highest BCUT2D eigenvalue weighted by Gasteiger charge is 2.14. The minimum absolute atomic E-state index is 0.236. The molecule has 6 heteroatoms. The maximum atomic E-state index is 10.6. The molecule has 5 nitrogen and oxygen atoms in total. The summed E-state index contributed by atoms with van der Waals surface area (Å²) in [5.74, 6) is 0. The van der Waals surface area contributed by atoms with Gasteiger partial charge < -0.3 is 0 Å². The van der Waals surface area contributed by atoms with Gasteiger partial charge in [0, 0.05) is 6.07 Å². The zero-order valence-electron chi connectivity index (χ0n) is 6.76. The Bertz CT molecular complexity index is 417. The Labute approximate surface area is 76.1 Å². The minimum Gasteiger partial charge on any atom is -0.258 e. The van der Waals surface area contributed by atoms with E-state index in [1.54, 1.807) is 6.92 Å². The van der Waals surface area contributed by atoms with Gasteiger partial charge in [0.05, 0.1) is 4.92 Å². The summed E-state index contributed by atoms with van der Waals surface area (Å²) in [6, 6.07) is 3.97. The third kappa shape index (κ3) is 2.03. The Morgan fingerprint density at radius 3 is 2.46 bits per heavy atom. The van der Waals surface area contributed by atoms with E-state index in [1.807, 2.05) is 0 Å². The van der Waals surface area contributed by atoms with Crippen LogP contribution < -0.4 is 0 Å². The second-order valence-electron chi connectivity index (χ2n) is 2.51. The molecule has 0 saturated carbocycles. The van der Waals surface area contributed by atoms with Crippen molar-refractivity contribution in [3.63, 3.8) is 0 Å². The van der Waals surface area contributed by atoms with E-state index >= 15 is 0 Å². The van der Waals surface area contributed by atoms with Gasteiger partial charge >= 0.3 is 0 Å². The van der Waals surface area contributed by atoms with Crippen molar-refractivity contribution in [2.45, 2.75) is 11.8 Å². The lowest BCUT2D eigenvalue weighted by Crippen LogP contribution is -1.94. The molecule has 0 aliphatic carbocycles. The first-order valence-electron chi connectivity index (χ1n) is 3.42. The number of aryl methyl sites for hydroxylation is 1. The van der Waals surface area contributed by atoms with E-state index in [1.165, 1.54) is 18.2 Å². The summed E-state index contributed by atoms with van der Waals surface area (Å²) in [7, 11) is -2.91. The fourth-order valence-electron chi connectivity index (χ4n) is 0.934. The van der Waals surface area contributed by atoms with Gasteiger partial charge in [-0.05, 0) is 18.6 Å². The highest BCUT2D eigenvalue weighted by Crippen LogP contribution is 2.20. The molecule has 1 aromatic carbocycles. The van der Waals surface area contributed by atoms with Gasteiger partial charge in [0.1, 0.15) is 4.90 Å². The molecule has 0 saturated heterocycles. The number of nitrogens with zero attached hydrogens (tertiary/aromatic N) is 1. The first-order chi connectivity index (χ1) is 6.02. The van der Waals surface area contributed by atoms with Crippen molar-refractivity contribution in [1.82, 2.24) is 0 Å². The highest BCUT2D eigenvalue weighted by atomic mass is 32.2. The van der Waals surface area contributed by atoms with Crippen molar-refractivity contribution >= 4 is 16.4 Å². The van der Waals surface area contributed by atoms with Crippen LogP contribution in [0.3, 0.4) is 0 Å². The number of nitro groups is 1. The van der Waals surface area contributed by atoms with Crippen LogP contribution in [0.2, 0.25) is 0 Å². The Morgan fingerprint density at radius 2 is 2.00 bits per heavy atom. The van der Waals surface area contributed by atoms with E-state index < -0.39 is 15.6 Å². The average Bonchev–Trinajstić information content (AvgIpc) is 2.03. The van der Waals surface area contributed by atoms with Crippen LogP contribution >= 0.6 is 0 Å². The van der Waals surface area contributed by atoms with Crippen molar-refractivity contribution in [2.24, 2.45) is 0 Å². The van der Waals surface area contributed by atoms with E-state index in [4.69, 9.17) is 0 Å². The van der Waals surface area contributed by atoms with Crippen LogP contribution in [0.15, 0.2) is 23.1 Å². The molecule has 0 spiro atoms. The predicted octanol–water partition coefficient (Wildman–Crippen LogP) is 0.874. The van der Waals surface area contributed by atoms with Crippen LogP contribution in [0.5, 0.6) is 0 Å². The molecule has 0 aliphatic rings. The third-order valence-electron chi connectivity index (χ3n) is 1.52. The Kier molecular flexibility index (Phi) is 2.62. The summed E-state index contributed by atoms with van der Waals surface area (Å²) in [5.41, 5.74) is 0.307. The van der Waals surface area contributed by atoms with Crippen LogP contribution in [0, 0.1) is 17.0 Å². The van der Waals surface area contributed by atoms with Crippen LogP contribution in [0.1, 0.15) is 5.56 Å². The summed E-state index contributed by atoms with van der Waals surface area (Å²) in [6.45, 7) is 1.67. The minimum atomic E-state index is -2.91. The van der Waals surface area contributed by atoms with Gasteiger partial charge in [0.15, 0.2) is 10.7 Å². The van der Waals surface area contributed by atoms with Crippen molar-refractivity contribution < 1.29 is 13.3 Å². The largest absolute Gasteiger partial charge is 0.287 e. The smallest absolute Gasteiger partial charge is 0.258 e. The van der Waals surface area contributed by atoms with Crippen LogP contribution in [0.25, 0.3) is 0 Å². The Balaban J connectivity index is 3.44. The lowest BCUT2D eigenvalue weighted by Gasteiger charge is -1.96. The van der Waals surface area contributed by atoms with Crippen molar-refractivity contribution in [3.05, 3.63) is 33.9 Å². The second kappa shape index (κ2) is 3.53. The molecule has 70 valence electrons. The number of nitro benzene ring substituents is 1. The number of rotatable bonds is 2. The number of hydrogen-bond acceptors (Lipinski definition) is 4. The zero-order valence-corrected chi connectivity index (χ0v) is 7.65. The van der Waals surface area contributed by atoms with Gasteiger partial charge in [-0.2, -0.15) is 0 Å². The summed E-state index contributed by atoms with van der Waals surface area (Å²) < 4.78 is 21.2. The SMILES string of the molecule is Cc1ccc([N+](=O)[O-])c([SH](=O)=O)c1. The highest BCUT2D eigenvalue weighted by molar-refractivity contribution is 7.72. The molecular weight excluding hydrogens is 194 g/mol. The summed E-state index contributed by atoms with van der Waals surface area (Å²) in [6.07, 6.45) is 0. The Hall–Kier alpha value is -1.43. The van der Waals surface area contributed by atoms with Crippen LogP contribution in [-0.4, -0.2) is 13.3 Å². The number of hydrogen-bond donors (Lipinski definition) is 1. The lowest BCUT2D eigenvalue weighted by atomic mass is 10.2. The molecule has 0 fully saturated rings. The maximum Gasteiger partial charge on any atom is 0.287 e. The zero-order chi connectivity index (χ0) is 10.0. The summed E-state index contributed by atoms with van der Waals surface area (Å²) in [4.78, 5) is 9.43. The van der Waals surface area contributed by atoms with E-state index in [0.717, 1.165) is 0 Å². The molecule has 0 heterocycles. The molecule has 0 bridgehead atoms. The molecule has 0 radical (unpaired) electrons. The fourth-order valence-corrected chi connectivity index (χ4v) is 1.59. The van der Waals surface area contributed by atoms with Gasteiger partial charge in [-0.15, -0.1) is 0 Å². The van der Waals surface area contributed by atoms with Gasteiger partial charge in [0.25, 0.3) is 5.69 Å². The first-order valence-corrected chi connectivity index (χ1v) is 4.59. The van der Waals surface area contributed by atoms with E-state index in [9.17, 15) is 18.5 Å². The lowest BCUT2D eigenvalue weighted by molar-refractivity contribution is -0.387. The van der Waals surface area contributed by atoms with Crippen molar-refractivity contribution in [2.75, 3.05) is 0 Å². The third-order valence-corrected chi connectivity index (χ3v) is 2.28. The Morgan fingerprint density at radius 1 is 1.38 bits per heavy atom. The summed E-state index contributed by atoms with van der Waals surface area (Å²) >= 11 is 0. The molecular formula is C7H7NO4S. The quantitative estimate of drug-likeness (QED) is 0.437. The number of benzene rings is 1. The topological polar surface area (TPSA) is 77.3 Å². The standard InChI is InChI=1S/C7H7NO4S/c1-5-2-3-6(8(9)10)7(4-5)13(11)12/h2-4,13H,1H3. The van der Waals surface area contributed by atoms with E-state index in [2.05, 4.69) is 0 Å². The van der Waals surface area contributed by atoms with Gasteiger partial charge in [-0.3, -0.25) is 10.1 Å². The molecule has 0 unspecified atom stereocenters. The van der Waals surface area contributed by atoms with Gasteiger partial charge in [-0.1, -0.05) is 6.07 Å². The van der Waals surface area contributed by atoms with Gasteiger partial charge in [0.2, 0.25) is 0 Å². The average molecular weight is 201 g/mol. The molecule has 0 amide bonds. The molecule has 0 atom stereocenters. The number of thiol groups is 1. The first kappa shape index (κ1) is 9.66. The molecule has 0 aliphatic heterocycles. The molecule has 0 N–H and O–H groups in total. The van der Waals surface area contributed by atoms with Gasteiger partial charge in [-0.25, -0.2) is 8.42 Å². The fraction of sp³-hybridized carbons (Fsp3) is 0.143. The normalized spacial score (nSPS) is 10.3. The monoisotopic (exact) mass is 201 g/mol. The molecule has 13 heavy (non-hydrogen) atoms. The van der Waals surface area contributed by atoms with E-state index in [0.29, 0.717) is 5.56 Å².